The van der Waals surface area contributed by atoms with E-state index in [4.69, 9.17) is 9.73 Å². The minimum atomic E-state index is 0.373. The van der Waals surface area contributed by atoms with Gasteiger partial charge in [-0.3, -0.25) is 9.89 Å². The first-order valence-corrected chi connectivity index (χ1v) is 10.0. The predicted molar refractivity (Wildman–Crippen MR) is 115 cm³/mol. The minimum absolute atomic E-state index is 0.373. The molecule has 0 aromatic heterocycles. The Morgan fingerprint density at radius 2 is 1.89 bits per heavy atom. The second-order valence-electron chi connectivity index (χ2n) is 7.05. The van der Waals surface area contributed by atoms with Crippen LogP contribution in [0.4, 0.5) is 0 Å². The third-order valence-corrected chi connectivity index (χ3v) is 4.56. The van der Waals surface area contributed by atoms with Crippen LogP contribution in [-0.4, -0.2) is 82.3 Å². The number of likely N-dealkylation sites (N-methyl/N-ethyl adjacent to an activating group) is 2. The Kier molecular flexibility index (Phi) is 12.5. The molecule has 0 aliphatic rings. The topological polar surface area (TPSA) is 52.1 Å². The Balaban J connectivity index is 2.38. The monoisotopic (exact) mass is 377 g/mol. The number of methoxy groups -OCH3 is 1. The fraction of sp³-hybridized carbons (Fsp3) is 0.667. The molecule has 0 aliphatic carbocycles. The summed E-state index contributed by atoms with van der Waals surface area (Å²) in [6.45, 7) is 10.6. The van der Waals surface area contributed by atoms with Crippen LogP contribution in [-0.2, 0) is 11.3 Å². The Morgan fingerprint density at radius 1 is 1.15 bits per heavy atom. The van der Waals surface area contributed by atoms with Crippen LogP contribution in [0, 0.1) is 0 Å². The quantitative estimate of drug-likeness (QED) is 0.313. The van der Waals surface area contributed by atoms with E-state index in [9.17, 15) is 0 Å². The number of benzene rings is 1. The van der Waals surface area contributed by atoms with Crippen LogP contribution >= 0.6 is 0 Å². The zero-order valence-electron chi connectivity index (χ0n) is 17.9. The maximum atomic E-state index is 5.10. The lowest BCUT2D eigenvalue weighted by Gasteiger charge is -2.24. The molecule has 0 heterocycles. The van der Waals surface area contributed by atoms with Crippen molar-refractivity contribution in [3.05, 3.63) is 35.9 Å². The van der Waals surface area contributed by atoms with Crippen LogP contribution in [0.15, 0.2) is 35.3 Å². The fourth-order valence-corrected chi connectivity index (χ4v) is 2.69. The molecule has 27 heavy (non-hydrogen) atoms. The van der Waals surface area contributed by atoms with Gasteiger partial charge in [-0.05, 0) is 39.9 Å². The number of hydrogen-bond acceptors (Lipinski definition) is 4. The van der Waals surface area contributed by atoms with Crippen molar-refractivity contribution in [1.29, 1.82) is 0 Å². The molecule has 1 rings (SSSR count). The first-order valence-electron chi connectivity index (χ1n) is 10.0. The van der Waals surface area contributed by atoms with E-state index in [1.54, 1.807) is 7.11 Å². The molecule has 1 atom stereocenters. The molecule has 0 radical (unpaired) electrons. The average molecular weight is 378 g/mol. The molecule has 1 unspecified atom stereocenters. The molecule has 0 saturated heterocycles. The van der Waals surface area contributed by atoms with Crippen molar-refractivity contribution in [3.8, 4) is 0 Å². The van der Waals surface area contributed by atoms with Gasteiger partial charge in [0.1, 0.15) is 0 Å². The maximum absolute atomic E-state index is 5.10. The Morgan fingerprint density at radius 3 is 2.56 bits per heavy atom. The van der Waals surface area contributed by atoms with Crippen LogP contribution in [0.1, 0.15) is 25.8 Å². The number of nitrogens with one attached hydrogen (secondary N) is 2. The summed E-state index contributed by atoms with van der Waals surface area (Å²) in [4.78, 5) is 9.41. The molecule has 0 saturated carbocycles. The zero-order chi connectivity index (χ0) is 19.9. The summed E-state index contributed by atoms with van der Waals surface area (Å²) in [7, 11) is 6.05. The molecule has 6 nitrogen and oxygen atoms in total. The number of aliphatic imine (C=N–C) groups is 1. The Labute approximate surface area is 166 Å². The van der Waals surface area contributed by atoms with Gasteiger partial charge in [0.2, 0.25) is 0 Å². The summed E-state index contributed by atoms with van der Waals surface area (Å²) in [5.41, 5.74) is 1.33. The molecule has 0 spiro atoms. The molecule has 0 bridgehead atoms. The lowest BCUT2D eigenvalue weighted by Crippen LogP contribution is -2.42. The summed E-state index contributed by atoms with van der Waals surface area (Å²) < 4.78 is 5.10. The van der Waals surface area contributed by atoms with Crippen LogP contribution in [0.5, 0.6) is 0 Å². The van der Waals surface area contributed by atoms with Crippen molar-refractivity contribution >= 4 is 5.96 Å². The van der Waals surface area contributed by atoms with Gasteiger partial charge in [0.15, 0.2) is 5.96 Å². The summed E-state index contributed by atoms with van der Waals surface area (Å²) in [5.74, 6) is 0.891. The van der Waals surface area contributed by atoms with E-state index in [2.05, 4.69) is 78.7 Å². The van der Waals surface area contributed by atoms with E-state index < -0.39 is 0 Å². The van der Waals surface area contributed by atoms with Crippen LogP contribution in [0.3, 0.4) is 0 Å². The molecule has 0 aliphatic heterocycles. The van der Waals surface area contributed by atoms with Gasteiger partial charge in [-0.2, -0.15) is 0 Å². The second-order valence-corrected chi connectivity index (χ2v) is 7.05. The maximum Gasteiger partial charge on any atom is 0.191 e. The Bertz CT molecular complexity index is 509. The SMILES string of the molecule is CCNC(=NCC(C)N(C)Cc1ccccc1)NCCN(C)CCCOC. The highest BCUT2D eigenvalue weighted by atomic mass is 16.5. The van der Waals surface area contributed by atoms with E-state index in [1.807, 2.05) is 0 Å². The van der Waals surface area contributed by atoms with Crippen molar-refractivity contribution in [2.24, 2.45) is 4.99 Å². The minimum Gasteiger partial charge on any atom is -0.385 e. The second kappa shape index (κ2) is 14.4. The number of guanidine groups is 1. The molecule has 0 amide bonds. The van der Waals surface area contributed by atoms with Gasteiger partial charge in [-0.25, -0.2) is 0 Å². The van der Waals surface area contributed by atoms with Crippen molar-refractivity contribution in [3.63, 3.8) is 0 Å². The highest BCUT2D eigenvalue weighted by Crippen LogP contribution is 2.06. The molecule has 1 aromatic carbocycles. The van der Waals surface area contributed by atoms with Gasteiger partial charge >= 0.3 is 0 Å². The smallest absolute Gasteiger partial charge is 0.191 e. The van der Waals surface area contributed by atoms with E-state index >= 15 is 0 Å². The van der Waals surface area contributed by atoms with Gasteiger partial charge in [-0.1, -0.05) is 30.3 Å². The standard InChI is InChI=1S/C21H39N5O/c1-6-22-21(23-13-15-25(3)14-10-16-27-5)24-17-19(2)26(4)18-20-11-8-7-9-12-20/h7-9,11-12,19H,6,10,13-18H2,1-5H3,(H2,22,23,24). The van der Waals surface area contributed by atoms with E-state index in [0.29, 0.717) is 6.04 Å². The number of nitrogens with zero attached hydrogens (tertiary/aromatic N) is 3. The van der Waals surface area contributed by atoms with E-state index in [-0.39, 0.29) is 0 Å². The first-order chi connectivity index (χ1) is 13.1. The van der Waals surface area contributed by atoms with Crippen molar-refractivity contribution in [2.75, 3.05) is 60.5 Å². The number of hydrogen-bond donors (Lipinski definition) is 2. The molecule has 2 N–H and O–H groups in total. The summed E-state index contributed by atoms with van der Waals surface area (Å²) >= 11 is 0. The van der Waals surface area contributed by atoms with Gasteiger partial charge in [0, 0.05) is 52.5 Å². The molecule has 1 aromatic rings. The molecular weight excluding hydrogens is 338 g/mol. The highest BCUT2D eigenvalue weighted by molar-refractivity contribution is 5.79. The summed E-state index contributed by atoms with van der Waals surface area (Å²) in [5, 5.41) is 6.77. The molecular formula is C21H39N5O. The third-order valence-electron chi connectivity index (χ3n) is 4.56. The van der Waals surface area contributed by atoms with Crippen molar-refractivity contribution < 1.29 is 4.74 Å². The average Bonchev–Trinajstić information content (AvgIpc) is 2.66. The summed E-state index contributed by atoms with van der Waals surface area (Å²) in [6.07, 6.45) is 1.06. The zero-order valence-corrected chi connectivity index (χ0v) is 17.9. The summed E-state index contributed by atoms with van der Waals surface area (Å²) in [6, 6.07) is 10.9. The molecule has 0 fully saturated rings. The lowest BCUT2D eigenvalue weighted by molar-refractivity contribution is 0.180. The van der Waals surface area contributed by atoms with Gasteiger partial charge in [-0.15, -0.1) is 0 Å². The number of ether oxygens (including phenoxy) is 1. The molecule has 6 heteroatoms. The van der Waals surface area contributed by atoms with Crippen LogP contribution in [0.2, 0.25) is 0 Å². The van der Waals surface area contributed by atoms with Crippen LogP contribution in [0.25, 0.3) is 0 Å². The lowest BCUT2D eigenvalue weighted by atomic mass is 10.2. The molecule has 154 valence electrons. The predicted octanol–water partition coefficient (Wildman–Crippen LogP) is 2.03. The van der Waals surface area contributed by atoms with Gasteiger partial charge in [0.25, 0.3) is 0 Å². The van der Waals surface area contributed by atoms with Gasteiger partial charge < -0.3 is 20.3 Å². The Hall–Kier alpha value is -1.63. The fourth-order valence-electron chi connectivity index (χ4n) is 2.69. The van der Waals surface area contributed by atoms with E-state index in [1.165, 1.54) is 5.56 Å². The first kappa shape index (κ1) is 23.4. The van der Waals surface area contributed by atoms with E-state index in [0.717, 1.165) is 58.3 Å². The van der Waals surface area contributed by atoms with Crippen molar-refractivity contribution in [2.45, 2.75) is 32.9 Å². The highest BCUT2D eigenvalue weighted by Gasteiger charge is 2.09. The number of rotatable bonds is 13. The third kappa shape index (κ3) is 11.0. The van der Waals surface area contributed by atoms with Crippen LogP contribution < -0.4 is 10.6 Å². The van der Waals surface area contributed by atoms with Crippen molar-refractivity contribution in [1.82, 2.24) is 20.4 Å². The van der Waals surface area contributed by atoms with Gasteiger partial charge in [0.05, 0.1) is 6.54 Å². The largest absolute Gasteiger partial charge is 0.385 e. The normalized spacial score (nSPS) is 13.2.